The Morgan fingerprint density at radius 3 is 2.50 bits per heavy atom. The summed E-state index contributed by atoms with van der Waals surface area (Å²) >= 11 is 11.8. The fourth-order valence-electron chi connectivity index (χ4n) is 1.56. The van der Waals surface area contributed by atoms with Crippen molar-refractivity contribution in [2.24, 2.45) is 0 Å². The van der Waals surface area contributed by atoms with E-state index in [9.17, 15) is 4.79 Å². The van der Waals surface area contributed by atoms with Gasteiger partial charge in [-0.15, -0.1) is 0 Å². The van der Waals surface area contributed by atoms with E-state index in [0.717, 1.165) is 0 Å². The van der Waals surface area contributed by atoms with E-state index in [4.69, 9.17) is 28.3 Å². The SMILES string of the molecule is Cc1nn(-c2cc(C(=O)O)cc(Cl)n2)c(C)c1Cl. The van der Waals surface area contributed by atoms with E-state index in [1.165, 1.54) is 16.8 Å². The number of aryl methyl sites for hydroxylation is 1. The number of nitrogens with zero attached hydrogens (tertiary/aromatic N) is 3. The van der Waals surface area contributed by atoms with E-state index < -0.39 is 5.97 Å². The van der Waals surface area contributed by atoms with Crippen LogP contribution in [0.4, 0.5) is 0 Å². The predicted octanol–water partition coefficient (Wildman–Crippen LogP) is 2.89. The summed E-state index contributed by atoms with van der Waals surface area (Å²) < 4.78 is 1.47. The Morgan fingerprint density at radius 1 is 1.33 bits per heavy atom. The molecule has 0 atom stereocenters. The molecule has 0 bridgehead atoms. The van der Waals surface area contributed by atoms with Crippen molar-refractivity contribution in [2.45, 2.75) is 13.8 Å². The number of carboxylic acids is 1. The zero-order valence-electron chi connectivity index (χ0n) is 9.61. The van der Waals surface area contributed by atoms with E-state index in [0.29, 0.717) is 22.2 Å². The van der Waals surface area contributed by atoms with Gasteiger partial charge < -0.3 is 5.11 Å². The van der Waals surface area contributed by atoms with Crippen molar-refractivity contribution in [3.8, 4) is 5.82 Å². The summed E-state index contributed by atoms with van der Waals surface area (Å²) in [6.45, 7) is 3.53. The molecule has 0 aliphatic heterocycles. The molecule has 0 spiro atoms. The molecular formula is C11H9Cl2N3O2. The lowest BCUT2D eigenvalue weighted by molar-refractivity contribution is 0.0696. The van der Waals surface area contributed by atoms with E-state index >= 15 is 0 Å². The highest BCUT2D eigenvalue weighted by Gasteiger charge is 2.14. The first kappa shape index (κ1) is 12.9. The van der Waals surface area contributed by atoms with Gasteiger partial charge in [-0.2, -0.15) is 5.10 Å². The number of aromatic carboxylic acids is 1. The third-order valence-electron chi connectivity index (χ3n) is 2.45. The van der Waals surface area contributed by atoms with Gasteiger partial charge in [-0.25, -0.2) is 14.5 Å². The summed E-state index contributed by atoms with van der Waals surface area (Å²) in [4.78, 5) is 15.0. The van der Waals surface area contributed by atoms with Crippen LogP contribution in [0, 0.1) is 13.8 Å². The second-order valence-corrected chi connectivity index (χ2v) is 4.50. The Balaban J connectivity index is 2.63. The maximum atomic E-state index is 11.0. The Kier molecular flexibility index (Phi) is 3.28. The first-order valence-electron chi connectivity index (χ1n) is 5.03. The molecule has 5 nitrogen and oxygen atoms in total. The molecule has 2 aromatic rings. The first-order valence-corrected chi connectivity index (χ1v) is 5.78. The fourth-order valence-corrected chi connectivity index (χ4v) is 1.88. The largest absolute Gasteiger partial charge is 0.478 e. The highest BCUT2D eigenvalue weighted by molar-refractivity contribution is 6.32. The second kappa shape index (κ2) is 4.59. The topological polar surface area (TPSA) is 68.0 Å². The third kappa shape index (κ3) is 2.19. The van der Waals surface area contributed by atoms with Gasteiger partial charge in [0.15, 0.2) is 5.82 Å². The average molecular weight is 286 g/mol. The minimum atomic E-state index is -1.08. The molecule has 94 valence electrons. The van der Waals surface area contributed by atoms with Crippen LogP contribution in [0.2, 0.25) is 10.2 Å². The summed E-state index contributed by atoms with van der Waals surface area (Å²) in [7, 11) is 0. The zero-order chi connectivity index (χ0) is 13.4. The van der Waals surface area contributed by atoms with Gasteiger partial charge in [-0.1, -0.05) is 23.2 Å². The quantitative estimate of drug-likeness (QED) is 0.862. The van der Waals surface area contributed by atoms with Crippen LogP contribution >= 0.6 is 23.2 Å². The summed E-state index contributed by atoms with van der Waals surface area (Å²) in [5, 5.41) is 13.8. The molecule has 1 N–H and O–H groups in total. The van der Waals surface area contributed by atoms with Crippen molar-refractivity contribution in [2.75, 3.05) is 0 Å². The normalized spacial score (nSPS) is 10.7. The number of hydrogen-bond acceptors (Lipinski definition) is 3. The second-order valence-electron chi connectivity index (χ2n) is 3.74. The number of aromatic nitrogens is 3. The predicted molar refractivity (Wildman–Crippen MR) is 67.8 cm³/mol. The standard InChI is InChI=1S/C11H9Cl2N3O2/c1-5-10(13)6(2)16(15-5)9-4-7(11(17)18)3-8(12)14-9/h3-4H,1-2H3,(H,17,18). The molecular weight excluding hydrogens is 277 g/mol. The van der Waals surface area contributed by atoms with Crippen LogP contribution in [-0.2, 0) is 0 Å². The van der Waals surface area contributed by atoms with Crippen LogP contribution in [-0.4, -0.2) is 25.8 Å². The van der Waals surface area contributed by atoms with E-state index in [2.05, 4.69) is 10.1 Å². The highest BCUT2D eigenvalue weighted by atomic mass is 35.5. The zero-order valence-corrected chi connectivity index (χ0v) is 11.1. The van der Waals surface area contributed by atoms with Gasteiger partial charge >= 0.3 is 5.97 Å². The number of carboxylic acid groups (broad SMARTS) is 1. The van der Waals surface area contributed by atoms with Crippen LogP contribution in [0.15, 0.2) is 12.1 Å². The van der Waals surface area contributed by atoms with Gasteiger partial charge in [-0.05, 0) is 26.0 Å². The van der Waals surface area contributed by atoms with Crippen LogP contribution in [0.3, 0.4) is 0 Å². The molecule has 0 amide bonds. The van der Waals surface area contributed by atoms with Gasteiger partial charge in [-0.3, -0.25) is 0 Å². The molecule has 0 saturated heterocycles. The number of carbonyl (C=O) groups is 1. The third-order valence-corrected chi connectivity index (χ3v) is 3.19. The summed E-state index contributed by atoms with van der Waals surface area (Å²) in [6, 6.07) is 2.67. The average Bonchev–Trinajstić information content (AvgIpc) is 2.56. The molecule has 2 heterocycles. The number of hydrogen-bond donors (Lipinski definition) is 1. The van der Waals surface area contributed by atoms with Crippen molar-refractivity contribution in [1.29, 1.82) is 0 Å². The molecule has 0 aliphatic rings. The Morgan fingerprint density at radius 2 is 2.00 bits per heavy atom. The van der Waals surface area contributed by atoms with E-state index in [-0.39, 0.29) is 10.7 Å². The monoisotopic (exact) mass is 285 g/mol. The van der Waals surface area contributed by atoms with Gasteiger partial charge in [0.2, 0.25) is 0 Å². The van der Waals surface area contributed by atoms with Crippen molar-refractivity contribution in [1.82, 2.24) is 14.8 Å². The lowest BCUT2D eigenvalue weighted by Crippen LogP contribution is -2.05. The Hall–Kier alpha value is -1.59. The van der Waals surface area contributed by atoms with Crippen LogP contribution < -0.4 is 0 Å². The van der Waals surface area contributed by atoms with Crippen molar-refractivity contribution in [3.05, 3.63) is 39.3 Å². The van der Waals surface area contributed by atoms with Crippen LogP contribution in [0.1, 0.15) is 21.7 Å². The molecule has 0 saturated carbocycles. The lowest BCUT2D eigenvalue weighted by Gasteiger charge is -2.05. The molecule has 0 unspecified atom stereocenters. The van der Waals surface area contributed by atoms with Crippen LogP contribution in [0.5, 0.6) is 0 Å². The van der Waals surface area contributed by atoms with E-state index in [1.54, 1.807) is 13.8 Å². The molecule has 0 fully saturated rings. The van der Waals surface area contributed by atoms with Gasteiger partial charge in [0.25, 0.3) is 0 Å². The van der Waals surface area contributed by atoms with Crippen LogP contribution in [0.25, 0.3) is 5.82 Å². The maximum Gasteiger partial charge on any atom is 0.335 e. The summed E-state index contributed by atoms with van der Waals surface area (Å²) in [5.41, 5.74) is 1.38. The molecule has 7 heteroatoms. The maximum absolute atomic E-state index is 11.0. The molecule has 0 radical (unpaired) electrons. The van der Waals surface area contributed by atoms with E-state index in [1.807, 2.05) is 0 Å². The smallest absolute Gasteiger partial charge is 0.335 e. The Labute approximate surface area is 113 Å². The number of halogens is 2. The molecule has 2 rings (SSSR count). The Bertz CT molecular complexity index is 637. The van der Waals surface area contributed by atoms with Crippen molar-refractivity contribution in [3.63, 3.8) is 0 Å². The molecule has 18 heavy (non-hydrogen) atoms. The minimum absolute atomic E-state index is 0.0497. The van der Waals surface area contributed by atoms with Crippen molar-refractivity contribution < 1.29 is 9.90 Å². The molecule has 0 aliphatic carbocycles. The summed E-state index contributed by atoms with van der Waals surface area (Å²) in [6.07, 6.45) is 0. The number of rotatable bonds is 2. The fraction of sp³-hybridized carbons (Fsp3) is 0.182. The lowest BCUT2D eigenvalue weighted by atomic mass is 10.2. The summed E-state index contributed by atoms with van der Waals surface area (Å²) in [5.74, 6) is -0.749. The van der Waals surface area contributed by atoms with Gasteiger partial charge in [0.05, 0.1) is 22.0 Å². The molecule has 0 aromatic carbocycles. The first-order chi connectivity index (χ1) is 8.40. The van der Waals surface area contributed by atoms with Gasteiger partial charge in [0.1, 0.15) is 5.15 Å². The highest BCUT2D eigenvalue weighted by Crippen LogP contribution is 2.23. The number of pyridine rings is 1. The van der Waals surface area contributed by atoms with Crippen molar-refractivity contribution >= 4 is 29.2 Å². The minimum Gasteiger partial charge on any atom is -0.478 e. The van der Waals surface area contributed by atoms with Gasteiger partial charge in [0, 0.05) is 0 Å². The molecule has 2 aromatic heterocycles.